The van der Waals surface area contributed by atoms with E-state index in [1.165, 1.54) is 0 Å². The molecule has 1 atom stereocenters. The maximum Gasteiger partial charge on any atom is 0.231 e. The molecule has 20 heavy (non-hydrogen) atoms. The number of nitrogens with one attached hydrogen (secondary N) is 1. The third kappa shape index (κ3) is 2.77. The van der Waals surface area contributed by atoms with Crippen molar-refractivity contribution in [1.29, 1.82) is 0 Å². The van der Waals surface area contributed by atoms with Crippen molar-refractivity contribution in [1.82, 2.24) is 10.2 Å². The molecule has 2 heterocycles. The Bertz CT molecular complexity index is 480. The predicted octanol–water partition coefficient (Wildman–Crippen LogP) is 2.48. The third-order valence-corrected chi connectivity index (χ3v) is 4.51. The third-order valence-electron chi connectivity index (χ3n) is 3.83. The van der Waals surface area contributed by atoms with E-state index in [9.17, 15) is 4.39 Å². The van der Waals surface area contributed by atoms with Gasteiger partial charge in [0.05, 0.1) is 6.67 Å². The molecule has 0 radical (unpaired) electrons. The van der Waals surface area contributed by atoms with Crippen LogP contribution in [0.2, 0.25) is 0 Å². The SMILES string of the molecule is FCC[C@@H](c1cc2c(cc1Br)OCO2)N1CCNCC1. The summed E-state index contributed by atoms with van der Waals surface area (Å²) in [5.41, 5.74) is 1.08. The summed E-state index contributed by atoms with van der Waals surface area (Å²) in [4.78, 5) is 2.33. The predicted molar refractivity (Wildman–Crippen MR) is 78.0 cm³/mol. The highest BCUT2D eigenvalue weighted by Crippen LogP contribution is 2.41. The maximum atomic E-state index is 13.0. The van der Waals surface area contributed by atoms with Crippen LogP contribution >= 0.6 is 15.9 Å². The zero-order chi connectivity index (χ0) is 13.9. The highest BCUT2D eigenvalue weighted by Gasteiger charge is 2.26. The van der Waals surface area contributed by atoms with Crippen LogP contribution in [0.1, 0.15) is 18.0 Å². The Morgan fingerprint density at radius 2 is 1.95 bits per heavy atom. The molecule has 2 aliphatic heterocycles. The summed E-state index contributed by atoms with van der Waals surface area (Å²) in [5, 5.41) is 3.33. The lowest BCUT2D eigenvalue weighted by Crippen LogP contribution is -2.45. The van der Waals surface area contributed by atoms with E-state index in [4.69, 9.17) is 9.47 Å². The minimum atomic E-state index is -0.324. The van der Waals surface area contributed by atoms with Gasteiger partial charge in [0.1, 0.15) is 0 Å². The zero-order valence-electron chi connectivity index (χ0n) is 11.2. The van der Waals surface area contributed by atoms with Gasteiger partial charge in [-0.2, -0.15) is 0 Å². The van der Waals surface area contributed by atoms with Crippen LogP contribution in [0.3, 0.4) is 0 Å². The average Bonchev–Trinajstić information content (AvgIpc) is 2.92. The van der Waals surface area contributed by atoms with Gasteiger partial charge in [-0.15, -0.1) is 0 Å². The van der Waals surface area contributed by atoms with E-state index in [0.717, 1.165) is 47.7 Å². The van der Waals surface area contributed by atoms with Crippen molar-refractivity contribution in [3.63, 3.8) is 0 Å². The first kappa shape index (κ1) is 14.1. The molecule has 0 spiro atoms. The lowest BCUT2D eigenvalue weighted by atomic mass is 10.0. The van der Waals surface area contributed by atoms with Crippen LogP contribution in [-0.4, -0.2) is 44.5 Å². The molecule has 6 heteroatoms. The van der Waals surface area contributed by atoms with Gasteiger partial charge in [-0.25, -0.2) is 0 Å². The molecule has 110 valence electrons. The van der Waals surface area contributed by atoms with E-state index in [0.29, 0.717) is 6.42 Å². The smallest absolute Gasteiger partial charge is 0.231 e. The fourth-order valence-electron chi connectivity index (χ4n) is 2.82. The molecule has 2 aliphatic rings. The summed E-state index contributed by atoms with van der Waals surface area (Å²) < 4.78 is 24.7. The van der Waals surface area contributed by atoms with E-state index in [1.54, 1.807) is 0 Å². The van der Waals surface area contributed by atoms with Gasteiger partial charge in [0.15, 0.2) is 11.5 Å². The lowest BCUT2D eigenvalue weighted by molar-refractivity contribution is 0.156. The van der Waals surface area contributed by atoms with Crippen molar-refractivity contribution < 1.29 is 13.9 Å². The zero-order valence-corrected chi connectivity index (χ0v) is 12.8. The maximum absolute atomic E-state index is 13.0. The average molecular weight is 345 g/mol. The van der Waals surface area contributed by atoms with Gasteiger partial charge in [0.25, 0.3) is 0 Å². The van der Waals surface area contributed by atoms with Crippen LogP contribution in [0.25, 0.3) is 0 Å². The molecule has 0 aromatic heterocycles. The Morgan fingerprint density at radius 1 is 1.25 bits per heavy atom. The van der Waals surface area contributed by atoms with Crippen LogP contribution in [0.15, 0.2) is 16.6 Å². The summed E-state index contributed by atoms with van der Waals surface area (Å²) >= 11 is 3.59. The van der Waals surface area contributed by atoms with Gasteiger partial charge in [-0.1, -0.05) is 15.9 Å². The van der Waals surface area contributed by atoms with Crippen LogP contribution in [-0.2, 0) is 0 Å². The summed E-state index contributed by atoms with van der Waals surface area (Å²) in [7, 11) is 0. The molecular weight excluding hydrogens is 327 g/mol. The molecule has 0 bridgehead atoms. The van der Waals surface area contributed by atoms with Crippen LogP contribution in [0, 0.1) is 0 Å². The van der Waals surface area contributed by atoms with Crippen molar-refractivity contribution in [3.05, 3.63) is 22.2 Å². The number of halogens is 2. The first-order valence-electron chi connectivity index (χ1n) is 6.89. The van der Waals surface area contributed by atoms with Gasteiger partial charge in [0.2, 0.25) is 6.79 Å². The monoisotopic (exact) mass is 344 g/mol. The minimum absolute atomic E-state index is 0.0750. The normalized spacial score (nSPS) is 20.1. The van der Waals surface area contributed by atoms with Crippen molar-refractivity contribution in [3.8, 4) is 11.5 Å². The Hall–Kier alpha value is -0.850. The van der Waals surface area contributed by atoms with E-state index >= 15 is 0 Å². The number of hydrogen-bond donors (Lipinski definition) is 1. The molecule has 0 amide bonds. The van der Waals surface area contributed by atoms with E-state index in [1.807, 2.05) is 12.1 Å². The Balaban J connectivity index is 1.90. The van der Waals surface area contributed by atoms with Crippen LogP contribution < -0.4 is 14.8 Å². The molecule has 3 rings (SSSR count). The summed E-state index contributed by atoms with van der Waals surface area (Å²) in [6.07, 6.45) is 0.498. The second-order valence-corrected chi connectivity index (χ2v) is 5.86. The first-order chi connectivity index (χ1) is 9.79. The molecule has 1 aromatic carbocycles. The summed E-state index contributed by atoms with van der Waals surface area (Å²) in [6, 6.07) is 3.98. The van der Waals surface area contributed by atoms with Gasteiger partial charge >= 0.3 is 0 Å². The minimum Gasteiger partial charge on any atom is -0.454 e. The highest BCUT2D eigenvalue weighted by atomic mass is 79.9. The Kier molecular flexibility index (Phi) is 4.43. The second kappa shape index (κ2) is 6.28. The number of hydrogen-bond acceptors (Lipinski definition) is 4. The van der Waals surface area contributed by atoms with Crippen molar-refractivity contribution in [2.75, 3.05) is 39.6 Å². The molecule has 4 nitrogen and oxygen atoms in total. The lowest BCUT2D eigenvalue weighted by Gasteiger charge is -2.35. The number of fused-ring (bicyclic) bond motifs is 1. The first-order valence-corrected chi connectivity index (χ1v) is 7.68. The molecule has 1 aromatic rings. The van der Waals surface area contributed by atoms with Gasteiger partial charge in [-0.3, -0.25) is 9.29 Å². The second-order valence-electron chi connectivity index (χ2n) is 5.01. The van der Waals surface area contributed by atoms with E-state index < -0.39 is 0 Å². The van der Waals surface area contributed by atoms with Crippen molar-refractivity contribution in [2.24, 2.45) is 0 Å². The number of ether oxygens (including phenoxy) is 2. The van der Waals surface area contributed by atoms with Crippen LogP contribution in [0.5, 0.6) is 11.5 Å². The molecule has 0 unspecified atom stereocenters. The molecular formula is C14H18BrFN2O2. The fraction of sp³-hybridized carbons (Fsp3) is 0.571. The number of piperazine rings is 1. The Morgan fingerprint density at radius 3 is 2.65 bits per heavy atom. The number of alkyl halides is 1. The van der Waals surface area contributed by atoms with Crippen molar-refractivity contribution in [2.45, 2.75) is 12.5 Å². The molecule has 0 aliphatic carbocycles. The summed E-state index contributed by atoms with van der Waals surface area (Å²) in [5.74, 6) is 1.50. The fourth-order valence-corrected chi connectivity index (χ4v) is 3.41. The number of benzene rings is 1. The van der Waals surface area contributed by atoms with Crippen LogP contribution in [0.4, 0.5) is 4.39 Å². The summed E-state index contributed by atoms with van der Waals surface area (Å²) in [6.45, 7) is 3.70. The quantitative estimate of drug-likeness (QED) is 0.909. The topological polar surface area (TPSA) is 33.7 Å². The standard InChI is InChI=1S/C14H18BrFN2O2/c15-11-8-14-13(19-9-20-14)7-10(11)12(1-2-16)18-5-3-17-4-6-18/h7-8,12,17H,1-6,9H2/t12-/m0/s1. The molecule has 1 N–H and O–H groups in total. The van der Waals surface area contributed by atoms with E-state index in [2.05, 4.69) is 26.1 Å². The molecule has 1 fully saturated rings. The highest BCUT2D eigenvalue weighted by molar-refractivity contribution is 9.10. The number of rotatable bonds is 4. The van der Waals surface area contributed by atoms with Gasteiger partial charge < -0.3 is 14.8 Å². The molecule has 1 saturated heterocycles. The Labute approximate surface area is 126 Å². The van der Waals surface area contributed by atoms with E-state index in [-0.39, 0.29) is 19.5 Å². The van der Waals surface area contributed by atoms with Gasteiger partial charge in [0, 0.05) is 36.7 Å². The molecule has 0 saturated carbocycles. The van der Waals surface area contributed by atoms with Crippen molar-refractivity contribution >= 4 is 15.9 Å². The van der Waals surface area contributed by atoms with Gasteiger partial charge in [-0.05, 0) is 24.1 Å². The largest absolute Gasteiger partial charge is 0.454 e. The number of nitrogens with zero attached hydrogens (tertiary/aromatic N) is 1.